The highest BCUT2D eigenvalue weighted by Gasteiger charge is 2.19. The second-order valence-electron chi connectivity index (χ2n) is 4.88. The standard InChI is InChI=1S/C17H13Cl2NO3S/c1-22-12-8-11(13(23-2)7-10(12)18)20-17(21)16-15(19)9-5-3-4-6-14(9)24-16/h3-8H,1-2H3,(H,20,21). The maximum atomic E-state index is 12.6. The molecule has 3 rings (SSSR count). The van der Waals surface area contributed by atoms with Crippen LogP contribution in [0.4, 0.5) is 5.69 Å². The van der Waals surface area contributed by atoms with E-state index in [-0.39, 0.29) is 5.91 Å². The van der Waals surface area contributed by atoms with Crippen LogP contribution in [0.25, 0.3) is 10.1 Å². The summed E-state index contributed by atoms with van der Waals surface area (Å²) in [5.41, 5.74) is 0.456. The van der Waals surface area contributed by atoms with Crippen molar-refractivity contribution in [3.05, 3.63) is 51.3 Å². The fraction of sp³-hybridized carbons (Fsp3) is 0.118. The summed E-state index contributed by atoms with van der Waals surface area (Å²) in [6.45, 7) is 0. The normalized spacial score (nSPS) is 10.7. The van der Waals surface area contributed by atoms with Gasteiger partial charge in [0.05, 0.1) is 30.0 Å². The molecule has 0 aliphatic heterocycles. The number of carbonyl (C=O) groups is 1. The maximum Gasteiger partial charge on any atom is 0.267 e. The van der Waals surface area contributed by atoms with Crippen molar-refractivity contribution in [1.29, 1.82) is 0 Å². The summed E-state index contributed by atoms with van der Waals surface area (Å²) in [6, 6.07) is 10.8. The van der Waals surface area contributed by atoms with Gasteiger partial charge in [0.1, 0.15) is 16.4 Å². The van der Waals surface area contributed by atoms with Crippen LogP contribution in [0.2, 0.25) is 10.0 Å². The van der Waals surface area contributed by atoms with E-state index < -0.39 is 0 Å². The van der Waals surface area contributed by atoms with Crippen molar-refractivity contribution < 1.29 is 14.3 Å². The SMILES string of the molecule is COc1cc(NC(=O)c2sc3ccccc3c2Cl)c(OC)cc1Cl. The molecule has 1 heterocycles. The summed E-state index contributed by atoms with van der Waals surface area (Å²) in [5.74, 6) is 0.561. The number of anilines is 1. The highest BCUT2D eigenvalue weighted by molar-refractivity contribution is 7.21. The first kappa shape index (κ1) is 16.9. The van der Waals surface area contributed by atoms with Gasteiger partial charge in [0.2, 0.25) is 0 Å². The van der Waals surface area contributed by atoms with Crippen molar-refractivity contribution in [1.82, 2.24) is 0 Å². The van der Waals surface area contributed by atoms with Gasteiger partial charge in [-0.1, -0.05) is 41.4 Å². The molecule has 4 nitrogen and oxygen atoms in total. The summed E-state index contributed by atoms with van der Waals surface area (Å²) < 4.78 is 11.4. The van der Waals surface area contributed by atoms with Crippen LogP contribution in [-0.2, 0) is 0 Å². The van der Waals surface area contributed by atoms with Crippen molar-refractivity contribution in [3.8, 4) is 11.5 Å². The van der Waals surface area contributed by atoms with E-state index >= 15 is 0 Å². The van der Waals surface area contributed by atoms with Gasteiger partial charge >= 0.3 is 0 Å². The molecule has 0 bridgehead atoms. The smallest absolute Gasteiger partial charge is 0.267 e. The van der Waals surface area contributed by atoms with Crippen molar-refractivity contribution in [2.45, 2.75) is 0 Å². The molecule has 0 saturated heterocycles. The highest BCUT2D eigenvalue weighted by Crippen LogP contribution is 2.38. The molecule has 0 spiro atoms. The third kappa shape index (κ3) is 3.02. The minimum atomic E-state index is -0.316. The molecule has 0 unspecified atom stereocenters. The Bertz CT molecular complexity index is 924. The molecule has 0 aliphatic rings. The molecule has 0 aliphatic carbocycles. The van der Waals surface area contributed by atoms with E-state index in [0.717, 1.165) is 10.1 Å². The quantitative estimate of drug-likeness (QED) is 0.650. The molecule has 1 aromatic heterocycles. The summed E-state index contributed by atoms with van der Waals surface area (Å²) in [7, 11) is 3.00. The zero-order chi connectivity index (χ0) is 17.3. The van der Waals surface area contributed by atoms with E-state index in [2.05, 4.69) is 5.32 Å². The number of fused-ring (bicyclic) bond motifs is 1. The van der Waals surface area contributed by atoms with Gasteiger partial charge in [-0.15, -0.1) is 11.3 Å². The molecule has 0 radical (unpaired) electrons. The fourth-order valence-corrected chi connectivity index (χ4v) is 3.94. The summed E-state index contributed by atoms with van der Waals surface area (Å²) >= 11 is 13.8. The molecule has 124 valence electrons. The number of carbonyl (C=O) groups excluding carboxylic acids is 1. The van der Waals surface area contributed by atoms with Gasteiger partial charge in [-0.3, -0.25) is 4.79 Å². The van der Waals surface area contributed by atoms with E-state index in [9.17, 15) is 4.79 Å². The van der Waals surface area contributed by atoms with Crippen LogP contribution in [0.1, 0.15) is 9.67 Å². The number of hydrogen-bond donors (Lipinski definition) is 1. The van der Waals surface area contributed by atoms with Crippen molar-refractivity contribution in [3.63, 3.8) is 0 Å². The third-order valence-electron chi connectivity index (χ3n) is 3.46. The Balaban J connectivity index is 1.98. The topological polar surface area (TPSA) is 47.6 Å². The predicted molar refractivity (Wildman–Crippen MR) is 99.3 cm³/mol. The minimum absolute atomic E-state index is 0.316. The lowest BCUT2D eigenvalue weighted by molar-refractivity contribution is 0.103. The molecule has 3 aromatic rings. The van der Waals surface area contributed by atoms with E-state index in [4.69, 9.17) is 32.7 Å². The monoisotopic (exact) mass is 381 g/mol. The second kappa shape index (κ2) is 6.89. The van der Waals surface area contributed by atoms with Crippen molar-refractivity contribution >= 4 is 56.2 Å². The lowest BCUT2D eigenvalue weighted by Gasteiger charge is -2.12. The third-order valence-corrected chi connectivity index (χ3v) is 5.43. The molecule has 2 aromatic carbocycles. The van der Waals surface area contributed by atoms with Crippen LogP contribution in [0.3, 0.4) is 0 Å². The number of thiophene rings is 1. The first-order chi connectivity index (χ1) is 11.5. The van der Waals surface area contributed by atoms with E-state index in [1.807, 2.05) is 24.3 Å². The molecule has 0 fully saturated rings. The van der Waals surface area contributed by atoms with E-state index in [0.29, 0.717) is 32.1 Å². The average Bonchev–Trinajstić information content (AvgIpc) is 2.93. The summed E-state index contributed by atoms with van der Waals surface area (Å²) in [5, 5.41) is 4.49. The van der Waals surface area contributed by atoms with Crippen LogP contribution < -0.4 is 14.8 Å². The molecule has 0 saturated carbocycles. The zero-order valence-electron chi connectivity index (χ0n) is 12.9. The van der Waals surface area contributed by atoms with Crippen LogP contribution in [-0.4, -0.2) is 20.1 Å². The Hall–Kier alpha value is -1.95. The fourth-order valence-electron chi connectivity index (χ4n) is 2.30. The van der Waals surface area contributed by atoms with Crippen LogP contribution in [0.15, 0.2) is 36.4 Å². The largest absolute Gasteiger partial charge is 0.495 e. The van der Waals surface area contributed by atoms with Crippen molar-refractivity contribution in [2.75, 3.05) is 19.5 Å². The van der Waals surface area contributed by atoms with Gasteiger partial charge in [-0.2, -0.15) is 0 Å². The Morgan fingerprint density at radius 1 is 1.08 bits per heavy atom. The van der Waals surface area contributed by atoms with Gasteiger partial charge in [0.15, 0.2) is 0 Å². The van der Waals surface area contributed by atoms with Gasteiger partial charge in [0.25, 0.3) is 5.91 Å². The minimum Gasteiger partial charge on any atom is -0.495 e. The molecular weight excluding hydrogens is 369 g/mol. The van der Waals surface area contributed by atoms with Gasteiger partial charge in [-0.25, -0.2) is 0 Å². The Morgan fingerprint density at radius 2 is 1.79 bits per heavy atom. The van der Waals surface area contributed by atoms with E-state index in [1.165, 1.54) is 25.6 Å². The number of methoxy groups -OCH3 is 2. The number of hydrogen-bond acceptors (Lipinski definition) is 4. The van der Waals surface area contributed by atoms with Gasteiger partial charge in [-0.05, 0) is 6.07 Å². The van der Waals surface area contributed by atoms with Crippen LogP contribution in [0, 0.1) is 0 Å². The first-order valence-electron chi connectivity index (χ1n) is 6.95. The molecular formula is C17H13Cl2NO3S. The van der Waals surface area contributed by atoms with E-state index in [1.54, 1.807) is 12.1 Å². The van der Waals surface area contributed by atoms with Crippen LogP contribution in [0.5, 0.6) is 11.5 Å². The molecule has 7 heteroatoms. The number of amides is 1. The van der Waals surface area contributed by atoms with Crippen LogP contribution >= 0.6 is 34.5 Å². The molecule has 1 amide bonds. The number of halogens is 2. The zero-order valence-corrected chi connectivity index (χ0v) is 15.2. The summed E-state index contributed by atoms with van der Waals surface area (Å²) in [6.07, 6.45) is 0. The molecule has 0 atom stereocenters. The Kier molecular flexibility index (Phi) is 4.85. The summed E-state index contributed by atoms with van der Waals surface area (Å²) in [4.78, 5) is 13.1. The number of nitrogens with one attached hydrogen (secondary N) is 1. The van der Waals surface area contributed by atoms with Crippen molar-refractivity contribution in [2.24, 2.45) is 0 Å². The molecule has 1 N–H and O–H groups in total. The Labute approximate surface area is 152 Å². The second-order valence-corrected chi connectivity index (χ2v) is 6.72. The lowest BCUT2D eigenvalue weighted by atomic mass is 10.2. The highest BCUT2D eigenvalue weighted by atomic mass is 35.5. The number of benzene rings is 2. The average molecular weight is 382 g/mol. The number of rotatable bonds is 4. The maximum absolute atomic E-state index is 12.6. The predicted octanol–water partition coefficient (Wildman–Crippen LogP) is 5.48. The molecule has 24 heavy (non-hydrogen) atoms. The van der Waals surface area contributed by atoms with Gasteiger partial charge in [0, 0.05) is 22.2 Å². The first-order valence-corrected chi connectivity index (χ1v) is 8.52. The lowest BCUT2D eigenvalue weighted by Crippen LogP contribution is -2.11. The Morgan fingerprint density at radius 3 is 2.46 bits per heavy atom. The van der Waals surface area contributed by atoms with Gasteiger partial charge < -0.3 is 14.8 Å². The number of ether oxygens (including phenoxy) is 2.